The molecule has 4 aromatic carbocycles. The number of halogens is 1. The fourth-order valence-electron chi connectivity index (χ4n) is 3.06. The van der Waals surface area contributed by atoms with Crippen LogP contribution in [0, 0.1) is 5.82 Å². The molecule has 0 aliphatic carbocycles. The van der Waals surface area contributed by atoms with Gasteiger partial charge in [-0.2, -0.15) is 5.10 Å². The van der Waals surface area contributed by atoms with Gasteiger partial charge in [-0.3, -0.25) is 4.79 Å². The van der Waals surface area contributed by atoms with Gasteiger partial charge in [0.15, 0.2) is 0 Å². The van der Waals surface area contributed by atoms with Crippen molar-refractivity contribution in [1.82, 2.24) is 5.43 Å². The van der Waals surface area contributed by atoms with Crippen molar-refractivity contribution in [3.63, 3.8) is 0 Å². The maximum Gasteiger partial charge on any atom is 0.271 e. The number of nitrogens with zero attached hydrogens (tertiary/aromatic N) is 1. The molecule has 4 nitrogen and oxygen atoms in total. The molecule has 0 unspecified atom stereocenters. The number of hydrogen-bond donors (Lipinski definition) is 1. The third-order valence-corrected chi connectivity index (χ3v) is 4.64. The summed E-state index contributed by atoms with van der Waals surface area (Å²) < 4.78 is 18.8. The van der Waals surface area contributed by atoms with Crippen LogP contribution in [0.1, 0.15) is 21.5 Å². The van der Waals surface area contributed by atoms with Crippen molar-refractivity contribution < 1.29 is 13.9 Å². The molecule has 0 fully saturated rings. The minimum atomic E-state index is -0.402. The van der Waals surface area contributed by atoms with Gasteiger partial charge in [0.05, 0.1) is 6.21 Å². The zero-order chi connectivity index (χ0) is 20.8. The molecular weight excluding hydrogens is 379 g/mol. The summed E-state index contributed by atoms with van der Waals surface area (Å²) in [5.74, 6) is -0.0467. The zero-order valence-corrected chi connectivity index (χ0v) is 16.1. The van der Waals surface area contributed by atoms with E-state index >= 15 is 0 Å². The second-order valence-corrected chi connectivity index (χ2v) is 6.70. The predicted octanol–water partition coefficient (Wildman–Crippen LogP) is 5.32. The lowest BCUT2D eigenvalue weighted by molar-refractivity contribution is 0.0955. The van der Waals surface area contributed by atoms with Gasteiger partial charge in [-0.25, -0.2) is 9.82 Å². The molecule has 0 heterocycles. The number of carbonyl (C=O) groups is 1. The molecule has 5 heteroatoms. The van der Waals surface area contributed by atoms with Crippen molar-refractivity contribution in [1.29, 1.82) is 0 Å². The number of hydrogen-bond acceptors (Lipinski definition) is 3. The van der Waals surface area contributed by atoms with Crippen LogP contribution in [0.25, 0.3) is 10.8 Å². The summed E-state index contributed by atoms with van der Waals surface area (Å²) in [5.41, 5.74) is 4.70. The van der Waals surface area contributed by atoms with E-state index in [2.05, 4.69) is 34.8 Å². The molecule has 0 spiro atoms. The molecule has 0 radical (unpaired) electrons. The summed E-state index contributed by atoms with van der Waals surface area (Å²) in [6.45, 7) is 0.475. The van der Waals surface area contributed by atoms with E-state index in [-0.39, 0.29) is 0 Å². The zero-order valence-electron chi connectivity index (χ0n) is 16.1. The molecule has 0 aromatic heterocycles. The molecular formula is C25H19FN2O2. The number of amides is 1. The van der Waals surface area contributed by atoms with Crippen molar-refractivity contribution >= 4 is 22.9 Å². The first-order chi connectivity index (χ1) is 14.7. The Morgan fingerprint density at radius 1 is 0.900 bits per heavy atom. The first-order valence-corrected chi connectivity index (χ1v) is 9.47. The minimum Gasteiger partial charge on any atom is -0.489 e. The molecule has 0 aliphatic heterocycles. The van der Waals surface area contributed by atoms with Gasteiger partial charge in [-0.1, -0.05) is 42.5 Å². The lowest BCUT2D eigenvalue weighted by Gasteiger charge is -2.09. The topological polar surface area (TPSA) is 50.7 Å². The van der Waals surface area contributed by atoms with Crippen LogP contribution in [0.15, 0.2) is 96.1 Å². The lowest BCUT2D eigenvalue weighted by Crippen LogP contribution is -2.17. The molecule has 4 rings (SSSR count). The Balaban J connectivity index is 1.34. The average Bonchev–Trinajstić information content (AvgIpc) is 2.79. The van der Waals surface area contributed by atoms with Crippen molar-refractivity contribution in [2.45, 2.75) is 6.61 Å². The molecule has 0 saturated heterocycles. The normalized spacial score (nSPS) is 11.0. The Bertz CT molecular complexity index is 1180. The van der Waals surface area contributed by atoms with Crippen molar-refractivity contribution in [3.05, 3.63) is 114 Å². The van der Waals surface area contributed by atoms with Crippen LogP contribution in [0.4, 0.5) is 4.39 Å². The Labute approximate surface area is 173 Å². The second kappa shape index (κ2) is 9.01. The van der Waals surface area contributed by atoms with Crippen LogP contribution in [-0.2, 0) is 6.61 Å². The third-order valence-electron chi connectivity index (χ3n) is 4.64. The summed E-state index contributed by atoms with van der Waals surface area (Å²) in [6, 6.07) is 27.1. The summed E-state index contributed by atoms with van der Waals surface area (Å²) in [4.78, 5) is 11.9. The summed E-state index contributed by atoms with van der Waals surface area (Å²) >= 11 is 0. The second-order valence-electron chi connectivity index (χ2n) is 6.70. The summed E-state index contributed by atoms with van der Waals surface area (Å²) in [6.07, 6.45) is 1.54. The van der Waals surface area contributed by atoms with Crippen molar-refractivity contribution in [3.8, 4) is 5.75 Å². The van der Waals surface area contributed by atoms with Gasteiger partial charge in [0.2, 0.25) is 0 Å². The van der Waals surface area contributed by atoms with Gasteiger partial charge < -0.3 is 4.74 Å². The van der Waals surface area contributed by atoms with E-state index in [4.69, 9.17) is 4.74 Å². The smallest absolute Gasteiger partial charge is 0.271 e. The van der Waals surface area contributed by atoms with Gasteiger partial charge in [-0.05, 0) is 70.4 Å². The Morgan fingerprint density at radius 3 is 2.43 bits per heavy atom. The molecule has 1 amide bonds. The Kier molecular flexibility index (Phi) is 5.80. The maximum atomic E-state index is 12.9. The highest BCUT2D eigenvalue weighted by molar-refractivity contribution is 5.94. The van der Waals surface area contributed by atoms with E-state index in [0.717, 1.165) is 16.9 Å². The van der Waals surface area contributed by atoms with Crippen LogP contribution < -0.4 is 10.2 Å². The Morgan fingerprint density at radius 2 is 1.63 bits per heavy atom. The fourth-order valence-corrected chi connectivity index (χ4v) is 3.06. The van der Waals surface area contributed by atoms with Crippen molar-refractivity contribution in [2.24, 2.45) is 5.10 Å². The summed E-state index contributed by atoms with van der Waals surface area (Å²) in [7, 11) is 0. The van der Waals surface area contributed by atoms with Gasteiger partial charge in [0.25, 0.3) is 5.91 Å². The monoisotopic (exact) mass is 398 g/mol. The number of nitrogens with one attached hydrogen (secondary N) is 1. The highest BCUT2D eigenvalue weighted by Crippen LogP contribution is 2.20. The number of benzene rings is 4. The number of ether oxygens (including phenoxy) is 1. The van der Waals surface area contributed by atoms with E-state index in [1.807, 2.05) is 42.5 Å². The van der Waals surface area contributed by atoms with Crippen molar-refractivity contribution in [2.75, 3.05) is 0 Å². The number of fused-ring (bicyclic) bond motifs is 1. The van der Waals surface area contributed by atoms with Gasteiger partial charge >= 0.3 is 0 Å². The van der Waals surface area contributed by atoms with Crippen LogP contribution >= 0.6 is 0 Å². The fraction of sp³-hybridized carbons (Fsp3) is 0.0400. The van der Waals surface area contributed by atoms with Gasteiger partial charge in [0, 0.05) is 5.56 Å². The third kappa shape index (κ3) is 4.70. The quantitative estimate of drug-likeness (QED) is 0.353. The first-order valence-electron chi connectivity index (χ1n) is 9.47. The molecule has 0 saturated carbocycles. The molecule has 0 bridgehead atoms. The molecule has 1 N–H and O–H groups in total. The molecule has 0 atom stereocenters. The average molecular weight is 398 g/mol. The highest BCUT2D eigenvalue weighted by Gasteiger charge is 2.04. The van der Waals surface area contributed by atoms with E-state index in [1.165, 1.54) is 41.3 Å². The molecule has 30 heavy (non-hydrogen) atoms. The maximum absolute atomic E-state index is 12.9. The lowest BCUT2D eigenvalue weighted by atomic mass is 10.1. The largest absolute Gasteiger partial charge is 0.489 e. The number of carbonyl (C=O) groups excluding carboxylic acids is 1. The number of hydrazone groups is 1. The SMILES string of the molecule is O=C(N/N=C\c1ccc(OCc2cccc3ccccc23)cc1)c1ccc(F)cc1. The highest BCUT2D eigenvalue weighted by atomic mass is 19.1. The van der Waals surface area contributed by atoms with Crippen LogP contribution in [0.5, 0.6) is 5.75 Å². The molecule has 4 aromatic rings. The predicted molar refractivity (Wildman–Crippen MR) is 116 cm³/mol. The van der Waals surface area contributed by atoms with Gasteiger partial charge in [0.1, 0.15) is 18.2 Å². The van der Waals surface area contributed by atoms with Crippen LogP contribution in [0.2, 0.25) is 0 Å². The van der Waals surface area contributed by atoms with E-state index in [1.54, 1.807) is 0 Å². The first kappa shape index (κ1) is 19.3. The van der Waals surface area contributed by atoms with E-state index in [0.29, 0.717) is 12.2 Å². The van der Waals surface area contributed by atoms with E-state index in [9.17, 15) is 9.18 Å². The minimum absolute atomic E-state index is 0.339. The van der Waals surface area contributed by atoms with Crippen LogP contribution in [-0.4, -0.2) is 12.1 Å². The standard InChI is InChI=1S/C25H19FN2O2/c26-22-12-10-20(11-13-22)25(29)28-27-16-18-8-14-23(15-9-18)30-17-21-6-3-5-19-4-1-2-7-24(19)21/h1-16H,17H2,(H,28,29)/b27-16-. The van der Waals surface area contributed by atoms with Gasteiger partial charge in [-0.15, -0.1) is 0 Å². The van der Waals surface area contributed by atoms with Crippen LogP contribution in [0.3, 0.4) is 0 Å². The van der Waals surface area contributed by atoms with E-state index < -0.39 is 11.7 Å². The summed E-state index contributed by atoms with van der Waals surface area (Å²) in [5, 5.41) is 6.31. The number of rotatable bonds is 6. The molecule has 148 valence electrons. The Hall–Kier alpha value is -3.99. The molecule has 0 aliphatic rings.